The molecule has 0 aliphatic carbocycles. The van der Waals surface area contributed by atoms with Crippen LogP contribution < -0.4 is 0 Å². The average Bonchev–Trinajstić information content (AvgIpc) is 2.65. The predicted octanol–water partition coefficient (Wildman–Crippen LogP) is 2.43. The van der Waals surface area contributed by atoms with Crippen LogP contribution in [0, 0.1) is 0 Å². The molecule has 0 aromatic carbocycles. The second-order valence-electron chi connectivity index (χ2n) is 2.39. The van der Waals surface area contributed by atoms with E-state index in [4.69, 9.17) is 5.53 Å². The van der Waals surface area contributed by atoms with Gasteiger partial charge in [-0.25, -0.2) is 4.39 Å². The van der Waals surface area contributed by atoms with Gasteiger partial charge in [-0.3, -0.25) is 0 Å². The molecule has 0 aliphatic heterocycles. The van der Waals surface area contributed by atoms with E-state index in [0.717, 1.165) is 0 Å². The van der Waals surface area contributed by atoms with E-state index in [1.807, 2.05) is 0 Å². The summed E-state index contributed by atoms with van der Waals surface area (Å²) in [7, 11) is 0. The highest BCUT2D eigenvalue weighted by atomic mass is 32.1. The third kappa shape index (κ3) is 2.69. The van der Waals surface area contributed by atoms with Gasteiger partial charge in [-0.2, -0.15) is 0 Å². The maximum Gasteiger partial charge on any atom is 0.136 e. The van der Waals surface area contributed by atoms with Gasteiger partial charge in [-0.05, 0) is 17.0 Å². The van der Waals surface area contributed by atoms with Crippen molar-refractivity contribution >= 4 is 11.3 Å². The standard InChI is InChI=1S/C7H8FN3OS/c8-5(4-10-11-9)7(12)6-2-1-3-13-6/h1-3,5,7,12H,4H2. The lowest BCUT2D eigenvalue weighted by Crippen LogP contribution is -2.15. The van der Waals surface area contributed by atoms with Crippen molar-refractivity contribution in [1.29, 1.82) is 0 Å². The van der Waals surface area contributed by atoms with Gasteiger partial charge < -0.3 is 5.11 Å². The highest BCUT2D eigenvalue weighted by Gasteiger charge is 2.19. The molecule has 0 bridgehead atoms. The van der Waals surface area contributed by atoms with Gasteiger partial charge in [0, 0.05) is 9.79 Å². The normalized spacial score (nSPS) is 14.6. The van der Waals surface area contributed by atoms with Gasteiger partial charge in [0.1, 0.15) is 12.3 Å². The molecule has 4 nitrogen and oxygen atoms in total. The minimum Gasteiger partial charge on any atom is -0.385 e. The van der Waals surface area contributed by atoms with Crippen LogP contribution in [0.25, 0.3) is 10.4 Å². The molecule has 0 saturated carbocycles. The van der Waals surface area contributed by atoms with Gasteiger partial charge in [-0.1, -0.05) is 11.2 Å². The summed E-state index contributed by atoms with van der Waals surface area (Å²) in [6, 6.07) is 3.36. The fourth-order valence-corrected chi connectivity index (χ4v) is 1.61. The Hall–Kier alpha value is -1.10. The van der Waals surface area contributed by atoms with E-state index in [9.17, 15) is 9.50 Å². The van der Waals surface area contributed by atoms with Crippen molar-refractivity contribution in [3.8, 4) is 0 Å². The summed E-state index contributed by atoms with van der Waals surface area (Å²) in [5.74, 6) is 0. The number of aliphatic hydroxyl groups excluding tert-OH is 1. The second-order valence-corrected chi connectivity index (χ2v) is 3.37. The monoisotopic (exact) mass is 201 g/mol. The predicted molar refractivity (Wildman–Crippen MR) is 48.2 cm³/mol. The molecule has 0 spiro atoms. The molecule has 1 aromatic rings. The second kappa shape index (κ2) is 4.81. The van der Waals surface area contributed by atoms with Crippen LogP contribution in [0.3, 0.4) is 0 Å². The first-order valence-corrected chi connectivity index (χ1v) is 4.50. The fourth-order valence-electron chi connectivity index (χ4n) is 0.852. The summed E-state index contributed by atoms with van der Waals surface area (Å²) in [6.07, 6.45) is -2.72. The number of rotatable bonds is 4. The van der Waals surface area contributed by atoms with Crippen LogP contribution in [0.2, 0.25) is 0 Å². The zero-order valence-corrected chi connectivity index (χ0v) is 7.49. The molecule has 13 heavy (non-hydrogen) atoms. The third-order valence-electron chi connectivity index (χ3n) is 1.50. The smallest absolute Gasteiger partial charge is 0.136 e. The van der Waals surface area contributed by atoms with Crippen molar-refractivity contribution in [2.24, 2.45) is 5.11 Å². The molecule has 1 N–H and O–H groups in total. The van der Waals surface area contributed by atoms with Crippen LogP contribution in [0.5, 0.6) is 0 Å². The molecule has 0 amide bonds. The number of hydrogen-bond donors (Lipinski definition) is 1. The summed E-state index contributed by atoms with van der Waals surface area (Å²) in [5.41, 5.74) is 7.94. The zero-order valence-electron chi connectivity index (χ0n) is 6.67. The number of aliphatic hydroxyl groups is 1. The first kappa shape index (κ1) is 9.98. The average molecular weight is 201 g/mol. The van der Waals surface area contributed by atoms with Crippen molar-refractivity contribution < 1.29 is 9.50 Å². The third-order valence-corrected chi connectivity index (χ3v) is 2.44. The lowest BCUT2D eigenvalue weighted by Gasteiger charge is -2.11. The maximum atomic E-state index is 13.0. The Morgan fingerprint density at radius 3 is 3.08 bits per heavy atom. The summed E-state index contributed by atoms with van der Waals surface area (Å²) >= 11 is 1.27. The van der Waals surface area contributed by atoms with Crippen LogP contribution in [0.1, 0.15) is 11.0 Å². The van der Waals surface area contributed by atoms with Crippen molar-refractivity contribution in [2.45, 2.75) is 12.3 Å². The van der Waals surface area contributed by atoms with E-state index in [0.29, 0.717) is 4.88 Å². The molecule has 2 atom stereocenters. The fraction of sp³-hybridized carbons (Fsp3) is 0.429. The number of azide groups is 1. The molecule has 0 fully saturated rings. The first-order chi connectivity index (χ1) is 6.25. The van der Waals surface area contributed by atoms with E-state index in [2.05, 4.69) is 10.0 Å². The van der Waals surface area contributed by atoms with Crippen molar-refractivity contribution in [1.82, 2.24) is 0 Å². The van der Waals surface area contributed by atoms with E-state index in [-0.39, 0.29) is 6.54 Å². The summed E-state index contributed by atoms with van der Waals surface area (Å²) < 4.78 is 13.0. The number of halogens is 1. The minimum absolute atomic E-state index is 0.338. The SMILES string of the molecule is [N-]=[N+]=NCC(F)C(O)c1cccs1. The number of alkyl halides is 1. The van der Waals surface area contributed by atoms with Gasteiger partial charge in [-0.15, -0.1) is 11.3 Å². The lowest BCUT2D eigenvalue weighted by molar-refractivity contribution is 0.0854. The summed E-state index contributed by atoms with van der Waals surface area (Å²) in [5, 5.41) is 14.2. The largest absolute Gasteiger partial charge is 0.385 e. The van der Waals surface area contributed by atoms with Crippen LogP contribution in [-0.4, -0.2) is 17.8 Å². The van der Waals surface area contributed by atoms with Gasteiger partial charge in [0.2, 0.25) is 0 Å². The van der Waals surface area contributed by atoms with Gasteiger partial charge in [0.05, 0.1) is 6.54 Å². The Labute approximate surface area is 78.3 Å². The zero-order chi connectivity index (χ0) is 9.68. The Kier molecular flexibility index (Phi) is 3.70. The molecule has 0 saturated heterocycles. The molecule has 1 heterocycles. The Balaban J connectivity index is 2.57. The van der Waals surface area contributed by atoms with E-state index >= 15 is 0 Å². The maximum absolute atomic E-state index is 13.0. The van der Waals surface area contributed by atoms with Gasteiger partial charge in [0.15, 0.2) is 0 Å². The Bertz CT molecular complexity index is 297. The van der Waals surface area contributed by atoms with Gasteiger partial charge >= 0.3 is 0 Å². The molecular weight excluding hydrogens is 193 g/mol. The molecular formula is C7H8FN3OS. The summed E-state index contributed by atoms with van der Waals surface area (Å²) in [6.45, 7) is -0.338. The summed E-state index contributed by atoms with van der Waals surface area (Å²) in [4.78, 5) is 2.96. The molecule has 70 valence electrons. The van der Waals surface area contributed by atoms with Crippen LogP contribution >= 0.6 is 11.3 Å². The topological polar surface area (TPSA) is 69.0 Å². The molecule has 1 rings (SSSR count). The van der Waals surface area contributed by atoms with Crippen molar-refractivity contribution in [3.63, 3.8) is 0 Å². The molecule has 0 radical (unpaired) electrons. The number of thiophene rings is 1. The number of nitrogens with zero attached hydrogens (tertiary/aromatic N) is 3. The molecule has 0 aliphatic rings. The van der Waals surface area contributed by atoms with E-state index in [1.165, 1.54) is 11.3 Å². The highest BCUT2D eigenvalue weighted by molar-refractivity contribution is 7.10. The van der Waals surface area contributed by atoms with E-state index < -0.39 is 12.3 Å². The first-order valence-electron chi connectivity index (χ1n) is 3.62. The minimum atomic E-state index is -1.53. The quantitative estimate of drug-likeness (QED) is 0.453. The molecule has 1 aromatic heterocycles. The van der Waals surface area contributed by atoms with Crippen LogP contribution in [0.15, 0.2) is 22.6 Å². The lowest BCUT2D eigenvalue weighted by atomic mass is 10.2. The van der Waals surface area contributed by atoms with Gasteiger partial charge in [0.25, 0.3) is 0 Å². The van der Waals surface area contributed by atoms with Crippen molar-refractivity contribution in [3.05, 3.63) is 32.8 Å². The Morgan fingerprint density at radius 2 is 2.54 bits per heavy atom. The highest BCUT2D eigenvalue weighted by Crippen LogP contribution is 2.23. The van der Waals surface area contributed by atoms with Crippen molar-refractivity contribution in [2.75, 3.05) is 6.54 Å². The van der Waals surface area contributed by atoms with E-state index in [1.54, 1.807) is 17.5 Å². The van der Waals surface area contributed by atoms with Crippen LogP contribution in [-0.2, 0) is 0 Å². The number of hydrogen-bond acceptors (Lipinski definition) is 3. The molecule has 2 unspecified atom stereocenters. The Morgan fingerprint density at radius 1 is 1.77 bits per heavy atom. The molecule has 6 heteroatoms. The van der Waals surface area contributed by atoms with Crippen LogP contribution in [0.4, 0.5) is 4.39 Å².